The number of carbonyl (C=O) groups is 1. The minimum Gasteiger partial charge on any atom is -0.461 e. The second kappa shape index (κ2) is 2.46. The predicted octanol–water partition coefficient (Wildman–Crippen LogP) is 1.06. The Morgan fingerprint density at radius 3 is 3.30 bits per heavy atom. The van der Waals surface area contributed by atoms with Crippen molar-refractivity contribution in [2.45, 2.75) is 18.9 Å². The van der Waals surface area contributed by atoms with Gasteiger partial charge < -0.3 is 4.74 Å². The molecule has 0 saturated carbocycles. The minimum absolute atomic E-state index is 0.0116. The fraction of sp³-hybridized carbons (Fsp3) is 0.857. The van der Waals surface area contributed by atoms with Crippen LogP contribution in [0.15, 0.2) is 0 Å². The molecule has 2 atom stereocenters. The first-order valence-electron chi connectivity index (χ1n) is 3.63. The molecule has 10 heavy (non-hydrogen) atoms. The van der Waals surface area contributed by atoms with E-state index in [-0.39, 0.29) is 12.1 Å². The first-order chi connectivity index (χ1) is 4.86. The van der Waals surface area contributed by atoms with Gasteiger partial charge in [-0.2, -0.15) is 11.8 Å². The lowest BCUT2D eigenvalue weighted by Gasteiger charge is -2.21. The molecule has 2 aliphatic rings. The van der Waals surface area contributed by atoms with Gasteiger partial charge in [-0.25, -0.2) is 0 Å². The summed E-state index contributed by atoms with van der Waals surface area (Å²) in [5.41, 5.74) is 0. The van der Waals surface area contributed by atoms with Crippen molar-refractivity contribution in [3.8, 4) is 0 Å². The van der Waals surface area contributed by atoms with E-state index in [1.807, 2.05) is 11.8 Å². The Kier molecular flexibility index (Phi) is 1.60. The molecule has 0 radical (unpaired) electrons. The van der Waals surface area contributed by atoms with Crippen LogP contribution in [0, 0.1) is 5.92 Å². The summed E-state index contributed by atoms with van der Waals surface area (Å²) in [5.74, 6) is 2.79. The fourth-order valence-corrected chi connectivity index (χ4v) is 2.76. The maximum Gasteiger partial charge on any atom is 0.306 e. The van der Waals surface area contributed by atoms with Gasteiger partial charge in [0.15, 0.2) is 0 Å². The zero-order chi connectivity index (χ0) is 6.97. The monoisotopic (exact) mass is 158 g/mol. The van der Waals surface area contributed by atoms with Gasteiger partial charge in [0.2, 0.25) is 0 Å². The Labute approximate surface area is 64.3 Å². The Bertz CT molecular complexity index is 142. The molecule has 0 bridgehead atoms. The zero-order valence-electron chi connectivity index (χ0n) is 5.71. The third-order valence-corrected chi connectivity index (χ3v) is 3.24. The van der Waals surface area contributed by atoms with Crippen molar-refractivity contribution >= 4 is 17.7 Å². The molecule has 0 amide bonds. The molecule has 2 fully saturated rings. The van der Waals surface area contributed by atoms with Gasteiger partial charge in [0.05, 0.1) is 6.42 Å². The number of hydrogen-bond donors (Lipinski definition) is 0. The number of esters is 1. The summed E-state index contributed by atoms with van der Waals surface area (Å²) in [5, 5.41) is 0. The van der Waals surface area contributed by atoms with Gasteiger partial charge >= 0.3 is 5.97 Å². The smallest absolute Gasteiger partial charge is 0.306 e. The number of thioether (sulfide) groups is 1. The summed E-state index contributed by atoms with van der Waals surface area (Å²) in [6.07, 6.45) is 2.10. The molecular formula is C7H10O2S. The van der Waals surface area contributed by atoms with E-state index < -0.39 is 0 Å². The molecule has 2 nitrogen and oxygen atoms in total. The van der Waals surface area contributed by atoms with Crippen LogP contribution in [-0.4, -0.2) is 23.6 Å². The third-order valence-electron chi connectivity index (χ3n) is 2.15. The molecule has 2 unspecified atom stereocenters. The van der Waals surface area contributed by atoms with Crippen LogP contribution in [-0.2, 0) is 9.53 Å². The Balaban J connectivity index is 2.04. The van der Waals surface area contributed by atoms with Crippen LogP contribution >= 0.6 is 11.8 Å². The molecule has 2 rings (SSSR count). The largest absolute Gasteiger partial charge is 0.461 e. The van der Waals surface area contributed by atoms with Crippen molar-refractivity contribution in [1.29, 1.82) is 0 Å². The quantitative estimate of drug-likeness (QED) is 0.493. The first kappa shape index (κ1) is 6.53. The topological polar surface area (TPSA) is 26.3 Å². The van der Waals surface area contributed by atoms with Crippen molar-refractivity contribution < 1.29 is 9.53 Å². The molecule has 2 saturated heterocycles. The van der Waals surface area contributed by atoms with Crippen molar-refractivity contribution in [1.82, 2.24) is 0 Å². The molecule has 3 heteroatoms. The highest BCUT2D eigenvalue weighted by atomic mass is 32.2. The lowest BCUT2D eigenvalue weighted by atomic mass is 9.99. The minimum atomic E-state index is 0.0116. The second-order valence-corrected chi connectivity index (χ2v) is 4.01. The highest BCUT2D eigenvalue weighted by Crippen LogP contribution is 2.33. The van der Waals surface area contributed by atoms with E-state index in [9.17, 15) is 4.79 Å². The Morgan fingerprint density at radius 1 is 1.60 bits per heavy atom. The molecule has 0 aromatic rings. The summed E-state index contributed by atoms with van der Waals surface area (Å²) >= 11 is 1.90. The average Bonchev–Trinajstić information content (AvgIpc) is 2.27. The summed E-state index contributed by atoms with van der Waals surface area (Å²) in [6, 6.07) is 0. The summed E-state index contributed by atoms with van der Waals surface area (Å²) < 4.78 is 5.11. The molecule has 0 aliphatic carbocycles. The van der Waals surface area contributed by atoms with E-state index in [0.717, 1.165) is 5.75 Å². The molecule has 2 heterocycles. The van der Waals surface area contributed by atoms with Crippen molar-refractivity contribution in [3.63, 3.8) is 0 Å². The van der Waals surface area contributed by atoms with Crippen LogP contribution in [0.2, 0.25) is 0 Å². The molecule has 56 valence electrons. The van der Waals surface area contributed by atoms with Crippen molar-refractivity contribution in [3.05, 3.63) is 0 Å². The number of rotatable bonds is 0. The first-order valence-corrected chi connectivity index (χ1v) is 4.79. The number of hydrogen-bond acceptors (Lipinski definition) is 3. The standard InChI is InChI=1S/C7H10O2S/c8-7-3-5-1-2-10-4-6(5)9-7/h5-6H,1-4H2. The molecule has 2 aliphatic heterocycles. The van der Waals surface area contributed by atoms with Crippen LogP contribution in [0.1, 0.15) is 12.8 Å². The SMILES string of the molecule is O=C1CC2CCSCC2O1. The third kappa shape index (κ3) is 1.03. The van der Waals surface area contributed by atoms with Crippen LogP contribution in [0.5, 0.6) is 0 Å². The Hall–Kier alpha value is -0.180. The van der Waals surface area contributed by atoms with Gasteiger partial charge in [-0.1, -0.05) is 0 Å². The average molecular weight is 158 g/mol. The predicted molar refractivity (Wildman–Crippen MR) is 39.9 cm³/mol. The van der Waals surface area contributed by atoms with E-state index in [4.69, 9.17) is 4.74 Å². The summed E-state index contributed by atoms with van der Waals surface area (Å²) in [7, 11) is 0. The highest BCUT2D eigenvalue weighted by Gasteiger charge is 2.36. The fourth-order valence-electron chi connectivity index (χ4n) is 1.55. The highest BCUT2D eigenvalue weighted by molar-refractivity contribution is 7.99. The molecule has 0 N–H and O–H groups in total. The van der Waals surface area contributed by atoms with E-state index >= 15 is 0 Å². The van der Waals surface area contributed by atoms with E-state index in [0.29, 0.717) is 12.3 Å². The van der Waals surface area contributed by atoms with Crippen LogP contribution in [0.25, 0.3) is 0 Å². The normalized spacial score (nSPS) is 39.0. The van der Waals surface area contributed by atoms with Crippen LogP contribution in [0.3, 0.4) is 0 Å². The Morgan fingerprint density at radius 2 is 2.50 bits per heavy atom. The van der Waals surface area contributed by atoms with E-state index in [1.165, 1.54) is 12.2 Å². The summed E-state index contributed by atoms with van der Waals surface area (Å²) in [4.78, 5) is 10.8. The van der Waals surface area contributed by atoms with Gasteiger partial charge in [-0.15, -0.1) is 0 Å². The maximum absolute atomic E-state index is 10.8. The molecule has 0 spiro atoms. The number of fused-ring (bicyclic) bond motifs is 1. The van der Waals surface area contributed by atoms with Crippen LogP contribution < -0.4 is 0 Å². The zero-order valence-corrected chi connectivity index (χ0v) is 6.52. The number of carbonyl (C=O) groups excluding carboxylic acids is 1. The summed E-state index contributed by atoms with van der Waals surface area (Å²) in [6.45, 7) is 0. The van der Waals surface area contributed by atoms with E-state index in [2.05, 4.69) is 0 Å². The molecule has 0 aromatic carbocycles. The van der Waals surface area contributed by atoms with E-state index in [1.54, 1.807) is 0 Å². The second-order valence-electron chi connectivity index (χ2n) is 2.86. The van der Waals surface area contributed by atoms with Gasteiger partial charge in [-0.05, 0) is 12.2 Å². The van der Waals surface area contributed by atoms with Gasteiger partial charge in [0.1, 0.15) is 6.10 Å². The molecule has 0 aromatic heterocycles. The van der Waals surface area contributed by atoms with Crippen LogP contribution in [0.4, 0.5) is 0 Å². The molecular weight excluding hydrogens is 148 g/mol. The lowest BCUT2D eigenvalue weighted by Crippen LogP contribution is -2.23. The number of ether oxygens (including phenoxy) is 1. The maximum atomic E-state index is 10.8. The van der Waals surface area contributed by atoms with Crippen molar-refractivity contribution in [2.75, 3.05) is 11.5 Å². The lowest BCUT2D eigenvalue weighted by molar-refractivity contribution is -0.140. The van der Waals surface area contributed by atoms with Gasteiger partial charge in [0, 0.05) is 11.7 Å². The van der Waals surface area contributed by atoms with Gasteiger partial charge in [-0.3, -0.25) is 4.79 Å². The van der Waals surface area contributed by atoms with Crippen molar-refractivity contribution in [2.24, 2.45) is 5.92 Å². The van der Waals surface area contributed by atoms with Gasteiger partial charge in [0.25, 0.3) is 0 Å².